The number of halogens is 1. The molecule has 0 heterocycles. The van der Waals surface area contributed by atoms with Crippen molar-refractivity contribution in [2.24, 2.45) is 0 Å². The fraction of sp³-hybridized carbons (Fsp3) is 0.222. The molecule has 0 bridgehead atoms. The summed E-state index contributed by atoms with van der Waals surface area (Å²) in [6.07, 6.45) is 1.84. The maximum Gasteiger partial charge on any atom is 0.128 e. The number of hydrogen-bond donors (Lipinski definition) is 2. The number of phenolic OH excluding ortho intramolecular Hbond substituents is 2. The molecular weight excluding hydrogens is 371 g/mol. The lowest BCUT2D eigenvalue weighted by atomic mass is 9.91. The highest BCUT2D eigenvalue weighted by atomic mass is 123. The predicted molar refractivity (Wildman–Crippen MR) is 96.3 cm³/mol. The quantitative estimate of drug-likeness (QED) is 0.540. The van der Waals surface area contributed by atoms with Gasteiger partial charge in [0.1, 0.15) is 11.5 Å². The Balaban J connectivity index is 2.57. The van der Waals surface area contributed by atoms with E-state index >= 15 is 0 Å². The molecule has 2 nitrogen and oxygen atoms in total. The maximum atomic E-state index is 9.69. The van der Waals surface area contributed by atoms with E-state index in [0.29, 0.717) is 5.75 Å². The van der Waals surface area contributed by atoms with E-state index < -0.39 is 0 Å². The Morgan fingerprint density at radius 1 is 0.857 bits per heavy atom. The van der Waals surface area contributed by atoms with Crippen LogP contribution in [0.5, 0.6) is 11.5 Å². The first-order valence-corrected chi connectivity index (χ1v) is 8.15. The lowest BCUT2D eigenvalue weighted by Gasteiger charge is -2.15. The third-order valence-corrected chi connectivity index (χ3v) is 4.45. The van der Waals surface area contributed by atoms with E-state index in [1.807, 2.05) is 24.3 Å². The van der Waals surface area contributed by atoms with Crippen LogP contribution in [-0.4, -0.2) is 10.2 Å². The van der Waals surface area contributed by atoms with Crippen molar-refractivity contribution in [3.63, 3.8) is 0 Å². The van der Waals surface area contributed by atoms with Crippen molar-refractivity contribution < 1.29 is 10.2 Å². The van der Waals surface area contributed by atoms with Crippen molar-refractivity contribution in [1.29, 1.82) is 0 Å². The van der Waals surface area contributed by atoms with Crippen LogP contribution in [0, 0.1) is 3.57 Å². The average molecular weight is 390 g/mol. The van der Waals surface area contributed by atoms with Crippen LogP contribution in [-0.2, 0) is 0 Å². The first-order valence-electron chi connectivity index (χ1n) is 7.07. The second-order valence-corrected chi connectivity index (χ2v) is 6.04. The summed E-state index contributed by atoms with van der Waals surface area (Å²) in [5, 5.41) is 19.1. The summed E-state index contributed by atoms with van der Waals surface area (Å²) in [5.74, 6) is 0.601. The molecule has 0 saturated carbocycles. The van der Waals surface area contributed by atoms with E-state index in [2.05, 4.69) is 36.4 Å². The Labute approximate surface area is 139 Å². The van der Waals surface area contributed by atoms with Gasteiger partial charge in [0.15, 0.2) is 0 Å². The summed E-state index contributed by atoms with van der Waals surface area (Å²) in [6, 6.07) is 13.1. The van der Waals surface area contributed by atoms with Crippen molar-refractivity contribution >= 4 is 33.7 Å². The van der Waals surface area contributed by atoms with Crippen LogP contribution in [0.1, 0.15) is 37.8 Å². The van der Waals surface area contributed by atoms with Gasteiger partial charge in [0, 0.05) is 0 Å². The molecule has 0 aliphatic carbocycles. The summed E-state index contributed by atoms with van der Waals surface area (Å²) in [5.41, 5.74) is 4.83. The predicted octanol–water partition coefficient (Wildman–Crippen LogP) is 5.43. The minimum absolute atomic E-state index is 0.284. The van der Waals surface area contributed by atoms with Crippen LogP contribution < -0.4 is 0 Å². The van der Waals surface area contributed by atoms with E-state index in [4.69, 9.17) is 0 Å². The Morgan fingerprint density at radius 2 is 1.38 bits per heavy atom. The van der Waals surface area contributed by atoms with E-state index in [0.717, 1.165) is 27.5 Å². The molecule has 0 aromatic heterocycles. The number of allylic oxidation sites excluding steroid dienone is 2. The number of rotatable bonds is 4. The highest BCUT2D eigenvalue weighted by molar-refractivity contribution is 14.1. The summed E-state index contributed by atoms with van der Waals surface area (Å²) in [7, 11) is 0. The number of aromatic hydroxyl groups is 2. The van der Waals surface area contributed by atoms with E-state index in [1.165, 1.54) is 11.1 Å². The van der Waals surface area contributed by atoms with Gasteiger partial charge in [-0.25, -0.2) is 0 Å². The number of phenols is 2. The molecule has 0 unspecified atom stereocenters. The van der Waals surface area contributed by atoms with Crippen LogP contribution in [0.25, 0.3) is 11.1 Å². The van der Waals surface area contributed by atoms with Crippen molar-refractivity contribution in [3.8, 4) is 11.5 Å². The molecule has 21 heavy (non-hydrogen) atoms. The van der Waals surface area contributed by atoms with Crippen LogP contribution in [0.4, 0.5) is 0 Å². The highest BCUT2D eigenvalue weighted by Crippen LogP contribution is 2.34. The van der Waals surface area contributed by atoms with Gasteiger partial charge < -0.3 is 10.2 Å². The molecule has 0 aliphatic rings. The lowest BCUT2D eigenvalue weighted by Crippen LogP contribution is -1.92. The van der Waals surface area contributed by atoms with Gasteiger partial charge in [0.05, 0.1) is 3.57 Å². The van der Waals surface area contributed by atoms with Crippen LogP contribution in [0.3, 0.4) is 0 Å². The van der Waals surface area contributed by atoms with Gasteiger partial charge in [-0.3, -0.25) is 0 Å². The molecule has 2 rings (SSSR count). The van der Waals surface area contributed by atoms with Crippen molar-refractivity contribution in [3.05, 3.63) is 57.2 Å². The Morgan fingerprint density at radius 3 is 1.90 bits per heavy atom. The maximum absolute atomic E-state index is 9.69. The standard InChI is InChI=1S/C18H19IO2/c1-3-15(12-5-8-14(20)9-6-12)16(4-2)13-7-10-18(21)17(19)11-13/h5-11,20-21H,3-4H2,1-2H3/b16-15+/i19-4. The largest absolute Gasteiger partial charge is 0.508 e. The molecule has 0 amide bonds. The zero-order valence-electron chi connectivity index (χ0n) is 12.2. The molecule has 0 atom stereocenters. The average Bonchev–Trinajstić information content (AvgIpc) is 2.49. The monoisotopic (exact) mass is 390 g/mol. The molecule has 0 saturated heterocycles. The fourth-order valence-corrected chi connectivity index (χ4v) is 3.06. The smallest absolute Gasteiger partial charge is 0.128 e. The van der Waals surface area contributed by atoms with E-state index in [-0.39, 0.29) is 5.75 Å². The summed E-state index contributed by atoms with van der Waals surface area (Å²) < 4.78 is 0.859. The number of benzene rings is 2. The van der Waals surface area contributed by atoms with Gasteiger partial charge >= 0.3 is 0 Å². The molecule has 2 N–H and O–H groups in total. The Kier molecular flexibility index (Phi) is 5.28. The zero-order chi connectivity index (χ0) is 15.4. The first kappa shape index (κ1) is 15.9. The van der Waals surface area contributed by atoms with Gasteiger partial charge in [0.2, 0.25) is 0 Å². The van der Waals surface area contributed by atoms with Crippen LogP contribution in [0.2, 0.25) is 0 Å². The molecule has 2 aromatic carbocycles. The van der Waals surface area contributed by atoms with Gasteiger partial charge in [-0.15, -0.1) is 0 Å². The normalized spacial score (nSPS) is 12.1. The molecule has 0 fully saturated rings. The van der Waals surface area contributed by atoms with Gasteiger partial charge in [0.25, 0.3) is 0 Å². The summed E-state index contributed by atoms with van der Waals surface area (Å²) in [6.45, 7) is 4.29. The summed E-state index contributed by atoms with van der Waals surface area (Å²) >= 11 is 2.15. The Bertz CT molecular complexity index is 657. The third-order valence-electron chi connectivity index (χ3n) is 3.58. The SMILES string of the molecule is CC/C(=C(/CC)c1ccc(O)c([123I])c1)c1ccc(O)cc1. The van der Waals surface area contributed by atoms with Gasteiger partial charge in [-0.05, 0) is 82.0 Å². The van der Waals surface area contributed by atoms with Crippen molar-refractivity contribution in [1.82, 2.24) is 0 Å². The molecule has 0 aliphatic heterocycles. The zero-order valence-corrected chi connectivity index (χ0v) is 14.4. The molecule has 2 aromatic rings. The van der Waals surface area contributed by atoms with E-state index in [1.54, 1.807) is 18.2 Å². The summed E-state index contributed by atoms with van der Waals surface area (Å²) in [4.78, 5) is 0. The second-order valence-electron chi connectivity index (χ2n) is 4.88. The van der Waals surface area contributed by atoms with E-state index in [9.17, 15) is 10.2 Å². The molecule has 0 spiro atoms. The minimum Gasteiger partial charge on any atom is -0.508 e. The molecular formula is C18H19IO2. The first-order chi connectivity index (χ1) is 10.1. The van der Waals surface area contributed by atoms with Crippen LogP contribution >= 0.6 is 22.6 Å². The van der Waals surface area contributed by atoms with Gasteiger partial charge in [-0.1, -0.05) is 32.0 Å². The van der Waals surface area contributed by atoms with Crippen molar-refractivity contribution in [2.75, 3.05) is 0 Å². The van der Waals surface area contributed by atoms with Gasteiger partial charge in [-0.2, -0.15) is 0 Å². The lowest BCUT2D eigenvalue weighted by molar-refractivity contribution is 0.471. The third kappa shape index (κ3) is 3.59. The molecule has 110 valence electrons. The fourth-order valence-electron chi connectivity index (χ4n) is 2.54. The minimum atomic E-state index is 0.284. The second kappa shape index (κ2) is 6.98. The number of hydrogen-bond acceptors (Lipinski definition) is 2. The topological polar surface area (TPSA) is 40.5 Å². The molecule has 0 radical (unpaired) electrons. The molecule has 3 heteroatoms. The Hall–Kier alpha value is -1.49. The van der Waals surface area contributed by atoms with Crippen LogP contribution in [0.15, 0.2) is 42.5 Å². The van der Waals surface area contributed by atoms with Crippen molar-refractivity contribution in [2.45, 2.75) is 26.7 Å². The highest BCUT2D eigenvalue weighted by Gasteiger charge is 2.10.